The van der Waals surface area contributed by atoms with E-state index in [4.69, 9.17) is 4.52 Å². The zero-order valence-electron chi connectivity index (χ0n) is 14.6. The molecule has 1 saturated heterocycles. The Kier molecular flexibility index (Phi) is 4.52. The third-order valence-electron chi connectivity index (χ3n) is 4.97. The number of carbonyl (C=O) groups is 1. The molecule has 1 amide bonds. The van der Waals surface area contributed by atoms with Crippen molar-refractivity contribution in [1.82, 2.24) is 29.7 Å². The topological polar surface area (TPSA) is 80.3 Å². The predicted molar refractivity (Wildman–Crippen MR) is 90.0 cm³/mol. The van der Waals surface area contributed by atoms with Gasteiger partial charge in [-0.25, -0.2) is 9.67 Å². The molecule has 0 N–H and O–H groups in total. The highest BCUT2D eigenvalue weighted by molar-refractivity contribution is 5.91. The Morgan fingerprint density at radius 2 is 2.16 bits per heavy atom. The van der Waals surface area contributed by atoms with Crippen molar-refractivity contribution in [3.05, 3.63) is 29.7 Å². The van der Waals surface area contributed by atoms with E-state index in [1.54, 1.807) is 6.33 Å². The van der Waals surface area contributed by atoms with E-state index >= 15 is 0 Å². The second-order valence-electron chi connectivity index (χ2n) is 6.80. The van der Waals surface area contributed by atoms with Crippen molar-refractivity contribution in [3.8, 4) is 0 Å². The van der Waals surface area contributed by atoms with E-state index in [0.717, 1.165) is 63.5 Å². The quantitative estimate of drug-likeness (QED) is 0.818. The summed E-state index contributed by atoms with van der Waals surface area (Å²) in [6, 6.07) is 1.83. The van der Waals surface area contributed by atoms with Crippen molar-refractivity contribution in [2.24, 2.45) is 0 Å². The summed E-state index contributed by atoms with van der Waals surface area (Å²) < 4.78 is 7.21. The molecule has 8 heteroatoms. The van der Waals surface area contributed by atoms with Crippen molar-refractivity contribution in [3.63, 3.8) is 0 Å². The fourth-order valence-corrected chi connectivity index (χ4v) is 3.32. The molecule has 134 valence electrons. The molecule has 2 aliphatic rings. The average Bonchev–Trinajstić information content (AvgIpc) is 3.26. The molecule has 3 heterocycles. The number of rotatable bonds is 5. The van der Waals surface area contributed by atoms with Crippen LogP contribution in [0, 0.1) is 0 Å². The fourth-order valence-electron chi connectivity index (χ4n) is 3.32. The largest absolute Gasteiger partial charge is 0.351 e. The number of nitrogens with zero attached hydrogens (tertiary/aromatic N) is 6. The van der Waals surface area contributed by atoms with Crippen LogP contribution in [0.15, 0.2) is 16.9 Å². The Morgan fingerprint density at radius 1 is 1.28 bits per heavy atom. The van der Waals surface area contributed by atoms with Crippen LogP contribution in [0.3, 0.4) is 0 Å². The first kappa shape index (κ1) is 16.3. The summed E-state index contributed by atoms with van der Waals surface area (Å²) in [6.45, 7) is 6.87. The minimum absolute atomic E-state index is 0.0435. The zero-order valence-corrected chi connectivity index (χ0v) is 14.6. The fraction of sp³-hybridized carbons (Fsp3) is 0.647. The van der Waals surface area contributed by atoms with Crippen LogP contribution in [-0.2, 0) is 13.1 Å². The van der Waals surface area contributed by atoms with Gasteiger partial charge in [-0.1, -0.05) is 5.16 Å². The Labute approximate surface area is 146 Å². The van der Waals surface area contributed by atoms with Crippen LogP contribution in [0.2, 0.25) is 0 Å². The summed E-state index contributed by atoms with van der Waals surface area (Å²) in [7, 11) is 0. The molecule has 0 atom stereocenters. The van der Waals surface area contributed by atoms with Crippen molar-refractivity contribution in [2.45, 2.75) is 45.2 Å². The molecule has 0 spiro atoms. The van der Waals surface area contributed by atoms with Crippen molar-refractivity contribution < 1.29 is 9.32 Å². The molecular formula is C17H24N6O2. The van der Waals surface area contributed by atoms with Gasteiger partial charge in [-0.3, -0.25) is 9.69 Å². The number of hydrogen-bond acceptors (Lipinski definition) is 6. The first-order valence-electron chi connectivity index (χ1n) is 9.09. The maximum absolute atomic E-state index is 12.7. The molecule has 1 saturated carbocycles. The Hall–Kier alpha value is -2.22. The second kappa shape index (κ2) is 6.95. The van der Waals surface area contributed by atoms with Gasteiger partial charge in [-0.05, 0) is 26.2 Å². The van der Waals surface area contributed by atoms with E-state index in [1.807, 2.05) is 15.6 Å². The summed E-state index contributed by atoms with van der Waals surface area (Å²) >= 11 is 0. The summed E-state index contributed by atoms with van der Waals surface area (Å²) in [5.74, 6) is 1.81. The number of aromatic nitrogens is 4. The number of aryl methyl sites for hydroxylation is 1. The highest BCUT2D eigenvalue weighted by atomic mass is 16.5. The van der Waals surface area contributed by atoms with E-state index < -0.39 is 0 Å². The highest BCUT2D eigenvalue weighted by Crippen LogP contribution is 2.39. The van der Waals surface area contributed by atoms with Crippen LogP contribution < -0.4 is 0 Å². The molecule has 0 aromatic carbocycles. The van der Waals surface area contributed by atoms with Gasteiger partial charge in [0.1, 0.15) is 12.2 Å². The number of carbonyl (C=O) groups excluding carboxylic acids is 1. The molecule has 2 aromatic heterocycles. The lowest BCUT2D eigenvalue weighted by molar-refractivity contribution is 0.0719. The minimum atomic E-state index is -0.0435. The third kappa shape index (κ3) is 3.58. The van der Waals surface area contributed by atoms with Gasteiger partial charge in [-0.15, -0.1) is 0 Å². The van der Waals surface area contributed by atoms with Gasteiger partial charge in [0.25, 0.3) is 5.91 Å². The van der Waals surface area contributed by atoms with Crippen molar-refractivity contribution >= 4 is 5.91 Å². The van der Waals surface area contributed by atoms with Crippen LogP contribution >= 0.6 is 0 Å². The minimum Gasteiger partial charge on any atom is -0.351 e. The molecule has 0 radical (unpaired) electrons. The SMILES string of the molecule is CCn1ncnc1CN1CCCN(C(=O)c2cc(C3CC3)no2)CC1. The first-order chi connectivity index (χ1) is 12.2. The molecule has 4 rings (SSSR count). The Bertz CT molecular complexity index is 735. The van der Waals surface area contributed by atoms with Crippen LogP contribution in [0.1, 0.15) is 54.2 Å². The van der Waals surface area contributed by atoms with Gasteiger partial charge in [-0.2, -0.15) is 5.10 Å². The van der Waals surface area contributed by atoms with E-state index in [-0.39, 0.29) is 5.91 Å². The molecule has 2 aromatic rings. The van der Waals surface area contributed by atoms with Crippen LogP contribution in [0.25, 0.3) is 0 Å². The molecule has 0 unspecified atom stereocenters. The molecular weight excluding hydrogens is 320 g/mol. The van der Waals surface area contributed by atoms with Crippen molar-refractivity contribution in [1.29, 1.82) is 0 Å². The average molecular weight is 344 g/mol. The molecule has 0 bridgehead atoms. The third-order valence-corrected chi connectivity index (χ3v) is 4.97. The summed E-state index contributed by atoms with van der Waals surface area (Å²) in [6.07, 6.45) is 4.85. The zero-order chi connectivity index (χ0) is 17.2. The van der Waals surface area contributed by atoms with Gasteiger partial charge >= 0.3 is 0 Å². The maximum atomic E-state index is 12.7. The van der Waals surface area contributed by atoms with Gasteiger partial charge in [0, 0.05) is 44.7 Å². The van der Waals surface area contributed by atoms with Gasteiger partial charge in [0.15, 0.2) is 0 Å². The van der Waals surface area contributed by atoms with Gasteiger partial charge in [0.2, 0.25) is 5.76 Å². The molecule has 2 fully saturated rings. The number of hydrogen-bond donors (Lipinski definition) is 0. The molecule has 8 nitrogen and oxygen atoms in total. The monoisotopic (exact) mass is 344 g/mol. The number of amides is 1. The normalized spacial score (nSPS) is 19.2. The van der Waals surface area contributed by atoms with Crippen LogP contribution in [-0.4, -0.2) is 61.8 Å². The maximum Gasteiger partial charge on any atom is 0.292 e. The lowest BCUT2D eigenvalue weighted by atomic mass is 10.2. The second-order valence-corrected chi connectivity index (χ2v) is 6.80. The summed E-state index contributed by atoms with van der Waals surface area (Å²) in [4.78, 5) is 21.2. The standard InChI is InChI=1S/C17H24N6O2/c1-2-23-16(18-12-19-23)11-21-6-3-7-22(9-8-21)17(24)15-10-14(20-25-15)13-4-5-13/h10,12-13H,2-9,11H2,1H3. The first-order valence-corrected chi connectivity index (χ1v) is 9.09. The van der Waals surface area contributed by atoms with E-state index in [1.165, 1.54) is 0 Å². The van der Waals surface area contributed by atoms with E-state index in [2.05, 4.69) is 27.1 Å². The molecule has 1 aliphatic carbocycles. The van der Waals surface area contributed by atoms with Gasteiger partial charge in [0.05, 0.1) is 12.2 Å². The predicted octanol–water partition coefficient (Wildman–Crippen LogP) is 1.51. The summed E-state index contributed by atoms with van der Waals surface area (Å²) in [5, 5.41) is 8.27. The highest BCUT2D eigenvalue weighted by Gasteiger charge is 2.30. The lowest BCUT2D eigenvalue weighted by Crippen LogP contribution is -2.35. The Balaban J connectivity index is 1.36. The molecule has 1 aliphatic heterocycles. The van der Waals surface area contributed by atoms with Crippen LogP contribution in [0.4, 0.5) is 0 Å². The van der Waals surface area contributed by atoms with Crippen molar-refractivity contribution in [2.75, 3.05) is 26.2 Å². The lowest BCUT2D eigenvalue weighted by Gasteiger charge is -2.20. The van der Waals surface area contributed by atoms with E-state index in [0.29, 0.717) is 18.2 Å². The smallest absolute Gasteiger partial charge is 0.292 e. The summed E-state index contributed by atoms with van der Waals surface area (Å²) in [5.41, 5.74) is 0.929. The Morgan fingerprint density at radius 3 is 2.96 bits per heavy atom. The van der Waals surface area contributed by atoms with Crippen LogP contribution in [0.5, 0.6) is 0 Å². The van der Waals surface area contributed by atoms with Gasteiger partial charge < -0.3 is 9.42 Å². The molecule has 25 heavy (non-hydrogen) atoms. The van der Waals surface area contributed by atoms with E-state index in [9.17, 15) is 4.79 Å².